The van der Waals surface area contributed by atoms with Crippen LogP contribution < -0.4 is 4.90 Å². The van der Waals surface area contributed by atoms with Crippen LogP contribution in [0.3, 0.4) is 0 Å². The molecule has 0 N–H and O–H groups in total. The number of nitrogens with zero attached hydrogens (tertiary/aromatic N) is 1. The second-order valence-electron chi connectivity index (χ2n) is 3.10. The van der Waals surface area contributed by atoms with Crippen LogP contribution in [0.4, 0.5) is 10.5 Å². The summed E-state index contributed by atoms with van der Waals surface area (Å²) in [5, 5.41) is 1.06. The molecule has 2 nitrogen and oxygen atoms in total. The van der Waals surface area contributed by atoms with Gasteiger partial charge in [0.2, 0.25) is 0 Å². The fourth-order valence-electron chi connectivity index (χ4n) is 1.35. The molecule has 0 radical (unpaired) electrons. The minimum atomic E-state index is 0.185. The third kappa shape index (κ3) is 1.76. The van der Waals surface area contributed by atoms with Crippen molar-refractivity contribution in [2.45, 2.75) is 12.2 Å². The number of benzene rings is 1. The van der Waals surface area contributed by atoms with Crippen molar-refractivity contribution in [1.82, 2.24) is 0 Å². The van der Waals surface area contributed by atoms with Crippen molar-refractivity contribution >= 4 is 25.4 Å². The van der Waals surface area contributed by atoms with Crippen LogP contribution in [-0.2, 0) is 0 Å². The molecular weight excluding hydrogens is 229 g/mol. The molecule has 1 aliphatic heterocycles. The van der Waals surface area contributed by atoms with Gasteiger partial charge in [0, 0.05) is 0 Å². The SMILES string of the molecule is Cc1ccc(N2CC[Se]C2=O)cc1. The molecule has 13 heavy (non-hydrogen) atoms. The van der Waals surface area contributed by atoms with Crippen molar-refractivity contribution in [2.24, 2.45) is 0 Å². The van der Waals surface area contributed by atoms with Gasteiger partial charge in [0.05, 0.1) is 0 Å². The zero-order valence-corrected chi connectivity index (χ0v) is 9.20. The van der Waals surface area contributed by atoms with Gasteiger partial charge in [-0.05, 0) is 0 Å². The van der Waals surface area contributed by atoms with Gasteiger partial charge in [-0.2, -0.15) is 0 Å². The Bertz CT molecular complexity index is 320. The molecule has 0 unspecified atom stereocenters. The molecule has 0 spiro atoms. The van der Waals surface area contributed by atoms with E-state index in [1.54, 1.807) is 0 Å². The van der Waals surface area contributed by atoms with Crippen LogP contribution in [0.1, 0.15) is 5.56 Å². The van der Waals surface area contributed by atoms with Crippen LogP contribution in [0.25, 0.3) is 0 Å². The Morgan fingerprint density at radius 2 is 2.00 bits per heavy atom. The topological polar surface area (TPSA) is 20.3 Å². The van der Waals surface area contributed by atoms with Gasteiger partial charge in [-0.25, -0.2) is 0 Å². The van der Waals surface area contributed by atoms with Gasteiger partial charge < -0.3 is 0 Å². The van der Waals surface area contributed by atoms with Crippen molar-refractivity contribution in [3.05, 3.63) is 29.8 Å². The fourth-order valence-corrected chi connectivity index (χ4v) is 3.03. The Balaban J connectivity index is 2.25. The van der Waals surface area contributed by atoms with E-state index in [0.717, 1.165) is 17.6 Å². The molecule has 1 amide bonds. The van der Waals surface area contributed by atoms with E-state index in [-0.39, 0.29) is 15.0 Å². The normalized spacial score (nSPS) is 16.7. The van der Waals surface area contributed by atoms with Gasteiger partial charge in [0.15, 0.2) is 0 Å². The quantitative estimate of drug-likeness (QED) is 0.688. The van der Waals surface area contributed by atoms with Crippen molar-refractivity contribution in [3.8, 4) is 0 Å². The molecule has 3 heteroatoms. The van der Waals surface area contributed by atoms with Crippen molar-refractivity contribution in [1.29, 1.82) is 0 Å². The number of hydrogen-bond acceptors (Lipinski definition) is 1. The Morgan fingerprint density at radius 3 is 2.54 bits per heavy atom. The molecule has 68 valence electrons. The third-order valence-corrected chi connectivity index (χ3v) is 3.90. The molecular formula is C10H11NOSe. The van der Waals surface area contributed by atoms with Crippen molar-refractivity contribution in [2.75, 3.05) is 11.4 Å². The Kier molecular flexibility index (Phi) is 2.38. The summed E-state index contributed by atoms with van der Waals surface area (Å²) < 4.78 is 0. The van der Waals surface area contributed by atoms with Gasteiger partial charge in [0.1, 0.15) is 0 Å². The van der Waals surface area contributed by atoms with E-state index >= 15 is 0 Å². The molecule has 1 heterocycles. The molecule has 1 aliphatic rings. The summed E-state index contributed by atoms with van der Waals surface area (Å²) in [6.07, 6.45) is 0. The van der Waals surface area contributed by atoms with Crippen molar-refractivity contribution < 1.29 is 4.79 Å². The molecule has 1 saturated heterocycles. The second-order valence-corrected chi connectivity index (χ2v) is 5.30. The second kappa shape index (κ2) is 3.52. The van der Waals surface area contributed by atoms with E-state index in [0.29, 0.717) is 4.81 Å². The van der Waals surface area contributed by atoms with E-state index in [1.165, 1.54) is 5.56 Å². The summed E-state index contributed by atoms with van der Waals surface area (Å²) >= 11 is 0.185. The van der Waals surface area contributed by atoms with Gasteiger partial charge in [-0.1, -0.05) is 0 Å². The summed E-state index contributed by atoms with van der Waals surface area (Å²) in [6.45, 7) is 2.96. The molecule has 1 fully saturated rings. The molecule has 1 aromatic carbocycles. The van der Waals surface area contributed by atoms with E-state index in [1.807, 2.05) is 29.2 Å². The summed E-state index contributed by atoms with van der Waals surface area (Å²) in [4.78, 5) is 13.6. The molecule has 0 saturated carbocycles. The first-order valence-electron chi connectivity index (χ1n) is 4.28. The first-order valence-corrected chi connectivity index (χ1v) is 6.35. The monoisotopic (exact) mass is 241 g/mol. The summed E-state index contributed by atoms with van der Waals surface area (Å²) in [5.41, 5.74) is 2.29. The van der Waals surface area contributed by atoms with Crippen molar-refractivity contribution in [3.63, 3.8) is 0 Å². The zero-order chi connectivity index (χ0) is 9.26. The third-order valence-electron chi connectivity index (χ3n) is 2.11. The van der Waals surface area contributed by atoms with Crippen LogP contribution >= 0.6 is 0 Å². The number of anilines is 1. The van der Waals surface area contributed by atoms with Gasteiger partial charge in [-0.3, -0.25) is 0 Å². The number of carbonyl (C=O) groups excluding carboxylic acids is 1. The number of hydrogen-bond donors (Lipinski definition) is 0. The van der Waals surface area contributed by atoms with Gasteiger partial charge in [0.25, 0.3) is 0 Å². The number of carbonyl (C=O) groups is 1. The number of rotatable bonds is 1. The average Bonchev–Trinajstić information content (AvgIpc) is 2.53. The van der Waals surface area contributed by atoms with Gasteiger partial charge >= 0.3 is 83.8 Å². The molecule has 0 bridgehead atoms. The first-order chi connectivity index (χ1) is 6.27. The Labute approximate surface area is 84.1 Å². The standard InChI is InChI=1S/C10H11NOSe/c1-8-2-4-9(5-3-8)11-6-7-13-10(11)12/h2-5H,6-7H2,1H3. The molecule has 2 rings (SSSR count). The van der Waals surface area contributed by atoms with Crippen LogP contribution in [0.5, 0.6) is 0 Å². The van der Waals surface area contributed by atoms with Gasteiger partial charge in [-0.15, -0.1) is 0 Å². The molecule has 0 atom stereocenters. The van der Waals surface area contributed by atoms with Crippen LogP contribution in [-0.4, -0.2) is 26.3 Å². The minimum absolute atomic E-state index is 0.185. The molecule has 0 aliphatic carbocycles. The first kappa shape index (κ1) is 8.79. The predicted octanol–water partition coefficient (Wildman–Crippen LogP) is 2.06. The summed E-state index contributed by atoms with van der Waals surface area (Å²) in [7, 11) is 0. The zero-order valence-electron chi connectivity index (χ0n) is 7.49. The molecule has 0 aromatic heterocycles. The molecule has 1 aromatic rings. The summed E-state index contributed by atoms with van der Waals surface area (Å²) in [5.74, 6) is 0. The van der Waals surface area contributed by atoms with E-state index in [9.17, 15) is 4.79 Å². The van der Waals surface area contributed by atoms with E-state index < -0.39 is 0 Å². The predicted molar refractivity (Wildman–Crippen MR) is 54.5 cm³/mol. The Morgan fingerprint density at radius 1 is 1.31 bits per heavy atom. The van der Waals surface area contributed by atoms with Crippen LogP contribution in [0, 0.1) is 6.92 Å². The maximum absolute atomic E-state index is 11.4. The average molecular weight is 240 g/mol. The van der Waals surface area contributed by atoms with E-state index in [2.05, 4.69) is 6.92 Å². The van der Waals surface area contributed by atoms with Crippen LogP contribution in [0.15, 0.2) is 24.3 Å². The van der Waals surface area contributed by atoms with Crippen LogP contribution in [0.2, 0.25) is 5.32 Å². The number of amides is 1. The number of aryl methyl sites for hydroxylation is 1. The fraction of sp³-hybridized carbons (Fsp3) is 0.300. The summed E-state index contributed by atoms with van der Waals surface area (Å²) in [6, 6.07) is 8.14. The van der Waals surface area contributed by atoms with E-state index in [4.69, 9.17) is 0 Å². The Hall–Kier alpha value is -0.791. The maximum atomic E-state index is 11.4.